The molecule has 0 fully saturated rings. The molecule has 0 N–H and O–H groups in total. The van der Waals surface area contributed by atoms with Gasteiger partial charge in [-0.15, -0.1) is 20.4 Å². The average molecular weight is 467 g/mol. The number of benzene rings is 4. The molecule has 0 radical (unpaired) electrons. The van der Waals surface area contributed by atoms with Gasteiger partial charge in [0.05, 0.1) is 11.6 Å². The molecule has 7 nitrogen and oxygen atoms in total. The summed E-state index contributed by atoms with van der Waals surface area (Å²) in [5.41, 5.74) is 4.97. The van der Waals surface area contributed by atoms with Gasteiger partial charge in [0, 0.05) is 27.9 Å². The van der Waals surface area contributed by atoms with Gasteiger partial charge in [-0.3, -0.25) is 4.57 Å². The fourth-order valence-corrected chi connectivity index (χ4v) is 3.97. The first-order chi connectivity index (χ1) is 17.8. The molecule has 6 aromatic rings. The molecule has 0 aliphatic heterocycles. The minimum absolute atomic E-state index is 0.447. The van der Waals surface area contributed by atoms with Crippen molar-refractivity contribution in [2.45, 2.75) is 0 Å². The number of rotatable bonds is 5. The predicted molar refractivity (Wildman–Crippen MR) is 136 cm³/mol. The summed E-state index contributed by atoms with van der Waals surface area (Å²) in [4.78, 5) is 0. The van der Waals surface area contributed by atoms with Crippen LogP contribution >= 0.6 is 0 Å². The minimum Gasteiger partial charge on any atom is -0.416 e. The maximum atomic E-state index is 9.15. The molecule has 170 valence electrons. The van der Waals surface area contributed by atoms with Crippen LogP contribution in [0.3, 0.4) is 0 Å². The molecule has 0 saturated heterocycles. The summed E-state index contributed by atoms with van der Waals surface area (Å²) in [6, 6.07) is 36.9. The van der Waals surface area contributed by atoms with E-state index < -0.39 is 0 Å². The van der Waals surface area contributed by atoms with E-state index >= 15 is 0 Å². The van der Waals surface area contributed by atoms with Crippen molar-refractivity contribution in [3.63, 3.8) is 0 Å². The van der Waals surface area contributed by atoms with E-state index in [0.717, 1.165) is 27.9 Å². The van der Waals surface area contributed by atoms with Crippen molar-refractivity contribution in [3.8, 4) is 57.4 Å². The number of hydrogen-bond donors (Lipinski definition) is 0. The van der Waals surface area contributed by atoms with Crippen LogP contribution in [0, 0.1) is 11.3 Å². The Labute approximate surface area is 207 Å². The third kappa shape index (κ3) is 3.93. The fourth-order valence-electron chi connectivity index (χ4n) is 3.97. The third-order valence-electron chi connectivity index (χ3n) is 5.79. The van der Waals surface area contributed by atoms with Crippen molar-refractivity contribution < 1.29 is 4.42 Å². The largest absolute Gasteiger partial charge is 0.416 e. The fraction of sp³-hybridized carbons (Fsp3) is 0. The third-order valence-corrected chi connectivity index (χ3v) is 5.79. The lowest BCUT2D eigenvalue weighted by atomic mass is 10.1. The van der Waals surface area contributed by atoms with E-state index in [2.05, 4.69) is 26.5 Å². The average Bonchev–Trinajstić information content (AvgIpc) is 3.63. The monoisotopic (exact) mass is 466 g/mol. The van der Waals surface area contributed by atoms with Crippen molar-refractivity contribution in [1.29, 1.82) is 5.26 Å². The van der Waals surface area contributed by atoms with Gasteiger partial charge >= 0.3 is 0 Å². The van der Waals surface area contributed by atoms with Gasteiger partial charge < -0.3 is 4.42 Å². The van der Waals surface area contributed by atoms with Gasteiger partial charge in [-0.25, -0.2) is 0 Å². The van der Waals surface area contributed by atoms with Gasteiger partial charge in [0.2, 0.25) is 11.8 Å². The molecular formula is C29H18N6O. The molecular weight excluding hydrogens is 448 g/mol. The number of nitrogens with zero attached hydrogens (tertiary/aromatic N) is 6. The summed E-state index contributed by atoms with van der Waals surface area (Å²) in [5, 5.41) is 26.6. The van der Waals surface area contributed by atoms with Crippen LogP contribution in [0.25, 0.3) is 51.4 Å². The van der Waals surface area contributed by atoms with Gasteiger partial charge in [0.1, 0.15) is 0 Å². The smallest absolute Gasteiger partial charge is 0.248 e. The Hall–Kier alpha value is -5.35. The van der Waals surface area contributed by atoms with Crippen molar-refractivity contribution >= 4 is 0 Å². The van der Waals surface area contributed by atoms with Crippen molar-refractivity contribution in [2.75, 3.05) is 0 Å². The van der Waals surface area contributed by atoms with Gasteiger partial charge in [-0.05, 0) is 60.7 Å². The quantitative estimate of drug-likeness (QED) is 0.301. The zero-order valence-corrected chi connectivity index (χ0v) is 19.0. The van der Waals surface area contributed by atoms with Gasteiger partial charge in [-0.2, -0.15) is 5.26 Å². The highest BCUT2D eigenvalue weighted by Crippen LogP contribution is 2.30. The molecule has 2 aromatic heterocycles. The lowest BCUT2D eigenvalue weighted by Gasteiger charge is -2.11. The molecule has 2 heterocycles. The number of nitriles is 1. The predicted octanol–water partition coefficient (Wildman–Crippen LogP) is 6.19. The topological polar surface area (TPSA) is 93.4 Å². The van der Waals surface area contributed by atoms with Gasteiger partial charge in [0.25, 0.3) is 0 Å². The van der Waals surface area contributed by atoms with Crippen LogP contribution in [0.4, 0.5) is 0 Å². The van der Waals surface area contributed by atoms with Crippen molar-refractivity contribution in [1.82, 2.24) is 25.0 Å². The van der Waals surface area contributed by atoms with E-state index in [1.807, 2.05) is 102 Å². The van der Waals surface area contributed by atoms with Crippen LogP contribution in [-0.4, -0.2) is 25.0 Å². The molecule has 7 heteroatoms. The Morgan fingerprint density at radius 2 is 1.00 bits per heavy atom. The molecule has 0 unspecified atom stereocenters. The number of aromatic nitrogens is 5. The first kappa shape index (κ1) is 21.2. The Kier molecular flexibility index (Phi) is 5.37. The summed E-state index contributed by atoms with van der Waals surface area (Å²) in [6.45, 7) is 0. The standard InChI is InChI=1S/C29H18N6O/c30-19-20-11-13-21(14-12-20)26-31-32-27(35(26)25-9-5-2-6-10-25)22-15-17-24(18-16-22)29-34-33-28(36-29)23-7-3-1-4-8-23/h1-18H. The summed E-state index contributed by atoms with van der Waals surface area (Å²) in [6.07, 6.45) is 0. The highest BCUT2D eigenvalue weighted by Gasteiger charge is 2.18. The van der Waals surface area contributed by atoms with Crippen LogP contribution in [0.5, 0.6) is 0 Å². The molecule has 0 amide bonds. The minimum atomic E-state index is 0.447. The van der Waals surface area contributed by atoms with Crippen molar-refractivity contribution in [2.24, 2.45) is 0 Å². The van der Waals surface area contributed by atoms with Crippen LogP contribution in [0.2, 0.25) is 0 Å². The second-order valence-electron chi connectivity index (χ2n) is 8.06. The summed E-state index contributed by atoms with van der Waals surface area (Å²) < 4.78 is 7.91. The lowest BCUT2D eigenvalue weighted by molar-refractivity contribution is 0.584. The van der Waals surface area contributed by atoms with Gasteiger partial charge in [-0.1, -0.05) is 48.5 Å². The zero-order chi connectivity index (χ0) is 24.3. The van der Waals surface area contributed by atoms with E-state index in [-0.39, 0.29) is 0 Å². The van der Waals surface area contributed by atoms with E-state index in [1.54, 1.807) is 12.1 Å². The molecule has 6 rings (SSSR count). The highest BCUT2D eigenvalue weighted by atomic mass is 16.4. The van der Waals surface area contributed by atoms with Gasteiger partial charge in [0.15, 0.2) is 11.6 Å². The molecule has 0 saturated carbocycles. The van der Waals surface area contributed by atoms with E-state index in [1.165, 1.54) is 0 Å². The molecule has 0 aliphatic rings. The second kappa shape index (κ2) is 9.12. The number of hydrogen-bond acceptors (Lipinski definition) is 6. The van der Waals surface area contributed by atoms with Crippen LogP contribution in [0.1, 0.15) is 5.56 Å². The highest BCUT2D eigenvalue weighted by molar-refractivity contribution is 5.69. The van der Waals surface area contributed by atoms with Crippen LogP contribution < -0.4 is 0 Å². The van der Waals surface area contributed by atoms with E-state index in [0.29, 0.717) is 29.0 Å². The molecule has 4 aromatic carbocycles. The SMILES string of the molecule is N#Cc1ccc(-c2nnc(-c3ccc(-c4nnc(-c5ccccc5)o4)cc3)n2-c2ccccc2)cc1. The number of para-hydroxylation sites is 1. The molecule has 0 aliphatic carbocycles. The maximum absolute atomic E-state index is 9.15. The molecule has 0 bridgehead atoms. The lowest BCUT2D eigenvalue weighted by Crippen LogP contribution is -2.00. The van der Waals surface area contributed by atoms with Crippen molar-refractivity contribution in [3.05, 3.63) is 115 Å². The van der Waals surface area contributed by atoms with E-state index in [9.17, 15) is 0 Å². The van der Waals surface area contributed by atoms with Crippen LogP contribution in [0.15, 0.2) is 114 Å². The van der Waals surface area contributed by atoms with E-state index in [4.69, 9.17) is 9.68 Å². The Morgan fingerprint density at radius 3 is 1.56 bits per heavy atom. The normalized spacial score (nSPS) is 10.8. The summed E-state index contributed by atoms with van der Waals surface area (Å²) >= 11 is 0. The zero-order valence-electron chi connectivity index (χ0n) is 19.0. The maximum Gasteiger partial charge on any atom is 0.248 e. The summed E-state index contributed by atoms with van der Waals surface area (Å²) in [7, 11) is 0. The first-order valence-electron chi connectivity index (χ1n) is 11.3. The van der Waals surface area contributed by atoms with Crippen LogP contribution in [-0.2, 0) is 0 Å². The molecule has 36 heavy (non-hydrogen) atoms. The second-order valence-corrected chi connectivity index (χ2v) is 8.06. The molecule has 0 spiro atoms. The first-order valence-corrected chi connectivity index (χ1v) is 11.3. The summed E-state index contributed by atoms with van der Waals surface area (Å²) in [5.74, 6) is 2.31. The Balaban J connectivity index is 1.38. The Morgan fingerprint density at radius 1 is 0.528 bits per heavy atom. The Bertz CT molecular complexity index is 1660. The molecule has 0 atom stereocenters.